The van der Waals surface area contributed by atoms with E-state index < -0.39 is 0 Å². The Morgan fingerprint density at radius 3 is 2.85 bits per heavy atom. The molecule has 13 heavy (non-hydrogen) atoms. The lowest BCUT2D eigenvalue weighted by atomic mass is 10.4. The van der Waals surface area contributed by atoms with E-state index in [2.05, 4.69) is 16.0 Å². The third kappa shape index (κ3) is 1.14. The summed E-state index contributed by atoms with van der Waals surface area (Å²) in [5.41, 5.74) is 1.77. The van der Waals surface area contributed by atoms with Crippen LogP contribution in [0.25, 0.3) is 11.2 Å². The van der Waals surface area contributed by atoms with Gasteiger partial charge in [-0.2, -0.15) is 0 Å². The van der Waals surface area contributed by atoms with E-state index in [9.17, 15) is 0 Å². The molecule has 67 valence electrons. The second-order valence-electron chi connectivity index (χ2n) is 3.14. The van der Waals surface area contributed by atoms with E-state index in [-0.39, 0.29) is 0 Å². The van der Waals surface area contributed by atoms with E-state index in [4.69, 9.17) is 0 Å². The predicted molar refractivity (Wildman–Crippen MR) is 51.7 cm³/mol. The Labute approximate surface area is 76.8 Å². The van der Waals surface area contributed by atoms with E-state index in [1.807, 2.05) is 36.7 Å². The second-order valence-corrected chi connectivity index (χ2v) is 3.14. The minimum atomic E-state index is 0.883. The molecule has 0 fully saturated rings. The van der Waals surface area contributed by atoms with Crippen LogP contribution in [0.5, 0.6) is 0 Å². The summed E-state index contributed by atoms with van der Waals surface area (Å²) in [5.74, 6) is 0.905. The van der Waals surface area contributed by atoms with Crippen molar-refractivity contribution in [3.8, 4) is 0 Å². The largest absolute Gasteiger partial charge is 0.348 e. The second kappa shape index (κ2) is 2.73. The van der Waals surface area contributed by atoms with Crippen LogP contribution in [0.3, 0.4) is 0 Å². The van der Waals surface area contributed by atoms with Crippen molar-refractivity contribution in [2.45, 2.75) is 0 Å². The molecule has 0 saturated heterocycles. The SMILES string of the molecule is CN(C)c1nc2c[c]cnc2n1C. The number of hydrogen-bond acceptors (Lipinski definition) is 3. The molecule has 0 saturated carbocycles. The molecule has 4 heteroatoms. The molecule has 0 amide bonds. The van der Waals surface area contributed by atoms with Gasteiger partial charge >= 0.3 is 0 Å². The van der Waals surface area contributed by atoms with Crippen LogP contribution in [0.2, 0.25) is 0 Å². The van der Waals surface area contributed by atoms with Crippen LogP contribution in [0, 0.1) is 6.07 Å². The van der Waals surface area contributed by atoms with Crippen molar-refractivity contribution in [1.29, 1.82) is 0 Å². The van der Waals surface area contributed by atoms with Crippen LogP contribution < -0.4 is 4.90 Å². The summed E-state index contributed by atoms with van der Waals surface area (Å²) in [6, 6.07) is 4.75. The summed E-state index contributed by atoms with van der Waals surface area (Å²) in [5, 5.41) is 0. The Kier molecular flexibility index (Phi) is 1.69. The van der Waals surface area contributed by atoms with Gasteiger partial charge in [0.05, 0.1) is 0 Å². The van der Waals surface area contributed by atoms with Gasteiger partial charge in [-0.1, -0.05) is 0 Å². The normalized spacial score (nSPS) is 10.7. The molecule has 0 spiro atoms. The van der Waals surface area contributed by atoms with Crippen LogP contribution in [-0.4, -0.2) is 28.6 Å². The highest BCUT2D eigenvalue weighted by Crippen LogP contribution is 2.16. The summed E-state index contributed by atoms with van der Waals surface area (Å²) >= 11 is 0. The summed E-state index contributed by atoms with van der Waals surface area (Å²) in [7, 11) is 5.88. The molecule has 2 aromatic heterocycles. The average molecular weight is 175 g/mol. The van der Waals surface area contributed by atoms with Crippen molar-refractivity contribution >= 4 is 17.1 Å². The van der Waals surface area contributed by atoms with Gasteiger partial charge in [0, 0.05) is 33.4 Å². The number of anilines is 1. The van der Waals surface area contributed by atoms with Crippen LogP contribution in [0.15, 0.2) is 12.3 Å². The first kappa shape index (κ1) is 8.04. The highest BCUT2D eigenvalue weighted by atomic mass is 15.3. The molecule has 0 aromatic carbocycles. The van der Waals surface area contributed by atoms with E-state index >= 15 is 0 Å². The van der Waals surface area contributed by atoms with Crippen molar-refractivity contribution in [1.82, 2.24) is 14.5 Å². The maximum Gasteiger partial charge on any atom is 0.206 e. The fourth-order valence-corrected chi connectivity index (χ4v) is 1.36. The van der Waals surface area contributed by atoms with Crippen molar-refractivity contribution in [3.05, 3.63) is 18.3 Å². The summed E-state index contributed by atoms with van der Waals surface area (Å²) < 4.78 is 1.96. The van der Waals surface area contributed by atoms with E-state index in [1.165, 1.54) is 0 Å². The Morgan fingerprint density at radius 2 is 2.23 bits per heavy atom. The topological polar surface area (TPSA) is 34.0 Å². The van der Waals surface area contributed by atoms with Crippen LogP contribution in [-0.2, 0) is 7.05 Å². The molecule has 0 atom stereocenters. The third-order valence-corrected chi connectivity index (χ3v) is 1.95. The number of aromatic nitrogens is 3. The van der Waals surface area contributed by atoms with Gasteiger partial charge in [-0.15, -0.1) is 0 Å². The van der Waals surface area contributed by atoms with E-state index in [0.29, 0.717) is 0 Å². The lowest BCUT2D eigenvalue weighted by molar-refractivity contribution is 0.880. The lowest BCUT2D eigenvalue weighted by Gasteiger charge is -2.10. The molecular weight excluding hydrogens is 164 g/mol. The molecule has 2 aromatic rings. The predicted octanol–water partition coefficient (Wildman–Crippen LogP) is 0.834. The number of aryl methyl sites for hydroxylation is 1. The molecule has 0 bridgehead atoms. The maximum atomic E-state index is 4.41. The van der Waals surface area contributed by atoms with Gasteiger partial charge in [-0.3, -0.25) is 4.57 Å². The van der Waals surface area contributed by atoms with Gasteiger partial charge < -0.3 is 4.90 Å². The van der Waals surface area contributed by atoms with E-state index in [0.717, 1.165) is 17.1 Å². The van der Waals surface area contributed by atoms with Crippen LogP contribution >= 0.6 is 0 Å². The molecule has 0 aliphatic rings. The Bertz CT molecular complexity index is 430. The highest BCUT2D eigenvalue weighted by Gasteiger charge is 2.08. The highest BCUT2D eigenvalue weighted by molar-refractivity contribution is 5.74. The molecule has 0 N–H and O–H groups in total. The zero-order valence-corrected chi connectivity index (χ0v) is 7.94. The third-order valence-electron chi connectivity index (χ3n) is 1.95. The summed E-state index contributed by atoms with van der Waals surface area (Å²) in [4.78, 5) is 10.6. The summed E-state index contributed by atoms with van der Waals surface area (Å²) in [6.45, 7) is 0. The molecule has 0 aliphatic heterocycles. The number of pyridine rings is 1. The zero-order chi connectivity index (χ0) is 9.42. The Morgan fingerprint density at radius 1 is 1.46 bits per heavy atom. The number of fused-ring (bicyclic) bond motifs is 1. The average Bonchev–Trinajstić information content (AvgIpc) is 2.45. The number of rotatable bonds is 1. The van der Waals surface area contributed by atoms with Crippen molar-refractivity contribution < 1.29 is 0 Å². The van der Waals surface area contributed by atoms with E-state index in [1.54, 1.807) is 6.20 Å². The van der Waals surface area contributed by atoms with Crippen molar-refractivity contribution in [2.24, 2.45) is 7.05 Å². The first-order chi connectivity index (χ1) is 6.20. The number of nitrogens with zero attached hydrogens (tertiary/aromatic N) is 4. The van der Waals surface area contributed by atoms with Crippen LogP contribution in [0.1, 0.15) is 0 Å². The van der Waals surface area contributed by atoms with Gasteiger partial charge in [0.25, 0.3) is 0 Å². The van der Waals surface area contributed by atoms with Crippen molar-refractivity contribution in [3.63, 3.8) is 0 Å². The fourth-order valence-electron chi connectivity index (χ4n) is 1.36. The van der Waals surface area contributed by atoms with Crippen LogP contribution in [0.4, 0.5) is 5.95 Å². The molecule has 0 unspecified atom stereocenters. The smallest absolute Gasteiger partial charge is 0.206 e. The molecule has 2 heterocycles. The Balaban J connectivity index is 2.74. The zero-order valence-electron chi connectivity index (χ0n) is 7.94. The van der Waals surface area contributed by atoms with Gasteiger partial charge in [0.15, 0.2) is 5.65 Å². The molecule has 4 nitrogen and oxygen atoms in total. The molecule has 0 aliphatic carbocycles. The molecular formula is C9H11N4. The summed E-state index contributed by atoms with van der Waals surface area (Å²) in [6.07, 6.45) is 1.66. The molecule has 1 radical (unpaired) electrons. The first-order valence-corrected chi connectivity index (χ1v) is 4.06. The first-order valence-electron chi connectivity index (χ1n) is 4.06. The fraction of sp³-hybridized carbons (Fsp3) is 0.333. The monoisotopic (exact) mass is 175 g/mol. The number of imidazole rings is 1. The van der Waals surface area contributed by atoms with Crippen molar-refractivity contribution in [2.75, 3.05) is 19.0 Å². The standard InChI is InChI=1S/C9H11N4/c1-12(2)9-11-7-5-4-6-10-8(7)13(9)3/h5-6H,1-3H3. The Hall–Kier alpha value is -1.58. The maximum absolute atomic E-state index is 4.41. The van der Waals surface area contributed by atoms with Gasteiger partial charge in [0.1, 0.15) is 5.52 Å². The number of hydrogen-bond donors (Lipinski definition) is 0. The van der Waals surface area contributed by atoms with Gasteiger partial charge in [-0.25, -0.2) is 9.97 Å². The minimum absolute atomic E-state index is 0.883. The van der Waals surface area contributed by atoms with Gasteiger partial charge in [-0.05, 0) is 6.07 Å². The quantitative estimate of drug-likeness (QED) is 0.644. The van der Waals surface area contributed by atoms with Gasteiger partial charge in [0.2, 0.25) is 5.95 Å². The molecule has 2 rings (SSSR count). The minimum Gasteiger partial charge on any atom is -0.348 e. The lowest BCUT2D eigenvalue weighted by Crippen LogP contribution is -2.13.